The molecule has 0 bridgehead atoms. The van der Waals surface area contributed by atoms with Gasteiger partial charge in [0.25, 0.3) is 0 Å². The normalized spacial score (nSPS) is 19.6. The first-order chi connectivity index (χ1) is 14.2. The third kappa shape index (κ3) is 5.01. The van der Waals surface area contributed by atoms with Crippen molar-refractivity contribution in [3.8, 4) is 5.75 Å². The van der Waals surface area contributed by atoms with Crippen LogP contribution in [-0.2, 0) is 0 Å². The SMILES string of the molecule is CCCCCCN(C(C)Oc1ccc2cn[nH]c2c1)C1CC1c1ccc(Br)cc1. The van der Waals surface area contributed by atoms with Gasteiger partial charge in [-0.2, -0.15) is 5.10 Å². The average Bonchev–Trinajstić information content (AvgIpc) is 3.36. The van der Waals surface area contributed by atoms with Gasteiger partial charge < -0.3 is 4.74 Å². The molecule has 29 heavy (non-hydrogen) atoms. The molecule has 3 atom stereocenters. The maximum absolute atomic E-state index is 6.39. The molecule has 0 amide bonds. The summed E-state index contributed by atoms with van der Waals surface area (Å²) in [6.45, 7) is 5.54. The van der Waals surface area contributed by atoms with Crippen LogP contribution < -0.4 is 4.74 Å². The van der Waals surface area contributed by atoms with Crippen LogP contribution in [0.1, 0.15) is 57.4 Å². The Bertz CT molecular complexity index is 923. The summed E-state index contributed by atoms with van der Waals surface area (Å²) in [5.41, 5.74) is 2.45. The fourth-order valence-electron chi connectivity index (χ4n) is 4.21. The van der Waals surface area contributed by atoms with Crippen molar-refractivity contribution < 1.29 is 4.74 Å². The molecule has 1 N–H and O–H groups in total. The molecule has 1 aromatic heterocycles. The van der Waals surface area contributed by atoms with Gasteiger partial charge in [0.2, 0.25) is 0 Å². The fraction of sp³-hybridized carbons (Fsp3) is 0.458. The Morgan fingerprint density at radius 3 is 2.79 bits per heavy atom. The Labute approximate surface area is 181 Å². The third-order valence-electron chi connectivity index (χ3n) is 5.94. The monoisotopic (exact) mass is 455 g/mol. The van der Waals surface area contributed by atoms with Crippen molar-refractivity contribution in [2.75, 3.05) is 6.54 Å². The van der Waals surface area contributed by atoms with Crippen LogP contribution in [0.3, 0.4) is 0 Å². The van der Waals surface area contributed by atoms with Crippen molar-refractivity contribution in [2.24, 2.45) is 0 Å². The van der Waals surface area contributed by atoms with Gasteiger partial charge in [0.1, 0.15) is 12.0 Å². The predicted octanol–water partition coefficient (Wildman–Crippen LogP) is 6.49. The van der Waals surface area contributed by atoms with Crippen molar-refractivity contribution >= 4 is 26.8 Å². The Morgan fingerprint density at radius 1 is 1.17 bits per heavy atom. The van der Waals surface area contributed by atoms with E-state index in [0.29, 0.717) is 12.0 Å². The maximum atomic E-state index is 6.39. The van der Waals surface area contributed by atoms with E-state index in [-0.39, 0.29) is 6.23 Å². The molecule has 5 heteroatoms. The molecule has 0 aliphatic heterocycles. The number of halogens is 1. The lowest BCUT2D eigenvalue weighted by molar-refractivity contribution is 0.0304. The number of aromatic amines is 1. The molecule has 1 saturated carbocycles. The highest BCUT2D eigenvalue weighted by Gasteiger charge is 2.44. The molecule has 0 saturated heterocycles. The molecule has 1 aliphatic carbocycles. The summed E-state index contributed by atoms with van der Waals surface area (Å²) in [4.78, 5) is 2.57. The smallest absolute Gasteiger partial charge is 0.150 e. The number of unbranched alkanes of at least 4 members (excludes halogenated alkanes) is 3. The van der Waals surface area contributed by atoms with Crippen LogP contribution in [-0.4, -0.2) is 33.9 Å². The summed E-state index contributed by atoms with van der Waals surface area (Å²) in [6.07, 6.45) is 8.18. The first-order valence-corrected chi connectivity index (χ1v) is 11.6. The highest BCUT2D eigenvalue weighted by Crippen LogP contribution is 2.46. The minimum atomic E-state index is 0.0439. The minimum absolute atomic E-state index is 0.0439. The number of aromatic nitrogens is 2. The average molecular weight is 456 g/mol. The van der Waals surface area contributed by atoms with E-state index in [1.54, 1.807) is 0 Å². The predicted molar refractivity (Wildman–Crippen MR) is 122 cm³/mol. The number of nitrogens with one attached hydrogen (secondary N) is 1. The van der Waals surface area contributed by atoms with Gasteiger partial charge in [-0.05, 0) is 49.6 Å². The summed E-state index contributed by atoms with van der Waals surface area (Å²) < 4.78 is 7.53. The molecule has 3 aromatic rings. The molecule has 4 rings (SSSR count). The van der Waals surface area contributed by atoms with E-state index in [2.05, 4.69) is 75.2 Å². The zero-order valence-corrected chi connectivity index (χ0v) is 18.9. The van der Waals surface area contributed by atoms with E-state index in [0.717, 1.165) is 27.7 Å². The Morgan fingerprint density at radius 2 is 2.00 bits per heavy atom. The number of ether oxygens (including phenoxy) is 1. The van der Waals surface area contributed by atoms with Crippen molar-refractivity contribution in [3.63, 3.8) is 0 Å². The maximum Gasteiger partial charge on any atom is 0.150 e. The molecule has 1 fully saturated rings. The van der Waals surface area contributed by atoms with E-state index in [1.807, 2.05) is 18.3 Å². The first-order valence-electron chi connectivity index (χ1n) is 10.8. The first kappa shape index (κ1) is 20.4. The highest BCUT2D eigenvalue weighted by molar-refractivity contribution is 9.10. The molecule has 3 unspecified atom stereocenters. The second-order valence-electron chi connectivity index (χ2n) is 8.10. The largest absolute Gasteiger partial charge is 0.475 e. The van der Waals surface area contributed by atoms with Crippen LogP contribution in [0.4, 0.5) is 0 Å². The number of nitrogens with zero attached hydrogens (tertiary/aromatic N) is 2. The van der Waals surface area contributed by atoms with E-state index in [4.69, 9.17) is 4.74 Å². The zero-order chi connectivity index (χ0) is 20.2. The standard InChI is InChI=1S/C24H30BrN3O/c1-3-4-5-6-13-28(24-15-22(24)18-7-10-20(25)11-8-18)17(2)29-21-12-9-19-16-26-27-23(19)14-21/h7-12,14,16-17,22,24H,3-6,13,15H2,1-2H3,(H,26,27). The molecule has 154 valence electrons. The van der Waals surface area contributed by atoms with Gasteiger partial charge in [-0.15, -0.1) is 0 Å². The lowest BCUT2D eigenvalue weighted by Gasteiger charge is -2.30. The number of H-pyrrole nitrogens is 1. The van der Waals surface area contributed by atoms with E-state index < -0.39 is 0 Å². The molecular formula is C24H30BrN3O. The van der Waals surface area contributed by atoms with E-state index in [1.165, 1.54) is 37.7 Å². The number of fused-ring (bicyclic) bond motifs is 1. The van der Waals surface area contributed by atoms with Gasteiger partial charge in [0, 0.05) is 34.4 Å². The van der Waals surface area contributed by atoms with Crippen LogP contribution in [0.25, 0.3) is 10.9 Å². The second-order valence-corrected chi connectivity index (χ2v) is 9.01. The number of hydrogen-bond donors (Lipinski definition) is 1. The zero-order valence-electron chi connectivity index (χ0n) is 17.3. The summed E-state index contributed by atoms with van der Waals surface area (Å²) in [7, 11) is 0. The second kappa shape index (κ2) is 9.31. The summed E-state index contributed by atoms with van der Waals surface area (Å²) >= 11 is 3.54. The van der Waals surface area contributed by atoms with Crippen LogP contribution in [0.5, 0.6) is 5.75 Å². The fourth-order valence-corrected chi connectivity index (χ4v) is 4.47. The molecule has 0 radical (unpaired) electrons. The van der Waals surface area contributed by atoms with Crippen molar-refractivity contribution in [1.29, 1.82) is 0 Å². The number of hydrogen-bond acceptors (Lipinski definition) is 3. The van der Waals surface area contributed by atoms with Gasteiger partial charge >= 0.3 is 0 Å². The Kier molecular flexibility index (Phi) is 6.56. The molecular weight excluding hydrogens is 426 g/mol. The Hall–Kier alpha value is -1.85. The van der Waals surface area contributed by atoms with Crippen molar-refractivity contribution in [3.05, 3.63) is 58.7 Å². The molecule has 1 heterocycles. The van der Waals surface area contributed by atoms with Crippen LogP contribution >= 0.6 is 15.9 Å². The summed E-state index contributed by atoms with van der Waals surface area (Å²) in [5.74, 6) is 1.50. The molecule has 0 spiro atoms. The third-order valence-corrected chi connectivity index (χ3v) is 6.47. The van der Waals surface area contributed by atoms with Gasteiger partial charge in [-0.25, -0.2) is 0 Å². The van der Waals surface area contributed by atoms with Crippen LogP contribution in [0.2, 0.25) is 0 Å². The Balaban J connectivity index is 1.44. The highest BCUT2D eigenvalue weighted by atomic mass is 79.9. The lowest BCUT2D eigenvalue weighted by atomic mass is 10.1. The van der Waals surface area contributed by atoms with Gasteiger partial charge in [-0.1, -0.05) is 54.2 Å². The topological polar surface area (TPSA) is 41.1 Å². The lowest BCUT2D eigenvalue weighted by Crippen LogP contribution is -2.40. The quantitative estimate of drug-likeness (QED) is 0.280. The van der Waals surface area contributed by atoms with Crippen molar-refractivity contribution in [2.45, 2.75) is 64.1 Å². The number of rotatable bonds is 10. The molecule has 1 aliphatic rings. The van der Waals surface area contributed by atoms with Crippen LogP contribution in [0, 0.1) is 0 Å². The number of benzene rings is 2. The summed E-state index contributed by atoms with van der Waals surface area (Å²) in [6, 6.07) is 15.5. The van der Waals surface area contributed by atoms with Gasteiger partial charge in [0.05, 0.1) is 11.7 Å². The van der Waals surface area contributed by atoms with E-state index >= 15 is 0 Å². The van der Waals surface area contributed by atoms with Gasteiger partial charge in [-0.3, -0.25) is 10.00 Å². The molecule has 4 nitrogen and oxygen atoms in total. The minimum Gasteiger partial charge on any atom is -0.475 e. The summed E-state index contributed by atoms with van der Waals surface area (Å²) in [5, 5.41) is 8.25. The van der Waals surface area contributed by atoms with Crippen molar-refractivity contribution in [1.82, 2.24) is 15.1 Å². The van der Waals surface area contributed by atoms with Crippen LogP contribution in [0.15, 0.2) is 53.1 Å². The van der Waals surface area contributed by atoms with E-state index in [9.17, 15) is 0 Å². The van der Waals surface area contributed by atoms with Gasteiger partial charge in [0.15, 0.2) is 0 Å². The molecule has 2 aromatic carbocycles.